The molecule has 0 saturated heterocycles. The molecule has 3 heterocycles. The van der Waals surface area contributed by atoms with Gasteiger partial charge in [-0.1, -0.05) is 94.9 Å². The minimum absolute atomic E-state index is 0.00507. The smallest absolute Gasteiger partial charge is 0.258 e. The summed E-state index contributed by atoms with van der Waals surface area (Å²) in [4.78, 5) is 31.5. The van der Waals surface area contributed by atoms with Crippen molar-refractivity contribution in [3.63, 3.8) is 0 Å². The van der Waals surface area contributed by atoms with Crippen LogP contribution < -0.4 is 45.0 Å². The van der Waals surface area contributed by atoms with E-state index < -0.39 is 35.1 Å². The van der Waals surface area contributed by atoms with E-state index in [4.69, 9.17) is 23.7 Å². The number of unbranched alkanes of at least 4 members (excludes halogenated alkanes) is 3. The van der Waals surface area contributed by atoms with Gasteiger partial charge in [0.1, 0.15) is 30.6 Å². The number of nitrogens with zero attached hydrogens (tertiary/aromatic N) is 1. The number of benzene rings is 4. The third kappa shape index (κ3) is 10.5. The van der Waals surface area contributed by atoms with Crippen LogP contribution in [0.25, 0.3) is 17.2 Å². The number of hydrogen-bond acceptors (Lipinski definition) is 17. The van der Waals surface area contributed by atoms with Crippen molar-refractivity contribution >= 4 is 23.6 Å². The fourth-order valence-corrected chi connectivity index (χ4v) is 20.5. The summed E-state index contributed by atoms with van der Waals surface area (Å²) in [6.45, 7) is 7.14. The molecule has 4 aromatic carbocycles. The van der Waals surface area contributed by atoms with Crippen LogP contribution in [0.1, 0.15) is 160 Å². The van der Waals surface area contributed by atoms with Gasteiger partial charge in [0.2, 0.25) is 5.75 Å². The minimum atomic E-state index is -1.10. The number of likely N-dealkylation sites (N-methyl/N-ethyl adjacent to an activating group) is 1. The Morgan fingerprint density at radius 3 is 2.45 bits per heavy atom. The molecule has 2 amide bonds. The first-order chi connectivity index (χ1) is 45.9. The molecule has 3 saturated carbocycles. The van der Waals surface area contributed by atoms with Gasteiger partial charge in [-0.05, 0) is 165 Å². The first-order valence-corrected chi connectivity index (χ1v) is 35.3. The molecule has 4 aromatic rings. The lowest BCUT2D eigenvalue weighted by atomic mass is 9.34. The molecular weight excluding hydrogens is 1190 g/mol. The molecule has 18 nitrogen and oxygen atoms in total. The van der Waals surface area contributed by atoms with Crippen LogP contribution in [0.3, 0.4) is 0 Å². The summed E-state index contributed by atoms with van der Waals surface area (Å²) in [6, 6.07) is 13.9. The number of carbonyl (C=O) groups is 2. The summed E-state index contributed by atoms with van der Waals surface area (Å²) in [5.41, 5.74) is 8.37. The SMILES string of the molecule is CCCCCCNCCOc1cc(OCNCC)c2c3c1CCc1c-3c(cc3c1C(O)C(c1cc(OC)c(O)c(OCC(CO)C45c6c7cccc6C6CC4C(CC(C4(N8C(=O)C=C(CNC)C8=O)CCCCC4)C5C=C7)C4C6C=CC(CCO)C4CO)c1)CO3)NC2O. The van der Waals surface area contributed by atoms with Crippen LogP contribution in [0.2, 0.25) is 0 Å². The lowest BCUT2D eigenvalue weighted by Gasteiger charge is -2.71. The van der Waals surface area contributed by atoms with Crippen molar-refractivity contribution < 1.29 is 63.9 Å². The largest absolute Gasteiger partial charge is 0.502 e. The molecule has 0 aromatic heterocycles. The highest BCUT2D eigenvalue weighted by molar-refractivity contribution is 6.17. The van der Waals surface area contributed by atoms with Crippen molar-refractivity contribution in [1.82, 2.24) is 20.9 Å². The zero-order valence-corrected chi connectivity index (χ0v) is 55.1. The number of amides is 2. The van der Waals surface area contributed by atoms with Crippen LogP contribution in [0.4, 0.5) is 5.69 Å². The normalized spacial score (nSPS) is 29.5. The Hall–Kier alpha value is -6.48. The third-order valence-electron chi connectivity index (χ3n) is 24.3. The van der Waals surface area contributed by atoms with Crippen LogP contribution in [0.5, 0.6) is 34.5 Å². The molecule has 14 unspecified atom stereocenters. The summed E-state index contributed by atoms with van der Waals surface area (Å²) >= 11 is 0. The molecule has 14 atom stereocenters. The summed E-state index contributed by atoms with van der Waals surface area (Å²) < 4.78 is 32.8. The number of aliphatic hydroxyl groups is 5. The number of carbonyl (C=O) groups excluding carboxylic acids is 2. The van der Waals surface area contributed by atoms with E-state index in [1.807, 2.05) is 19.1 Å². The van der Waals surface area contributed by atoms with E-state index >= 15 is 4.79 Å². The molecule has 3 fully saturated rings. The second kappa shape index (κ2) is 26.8. The standard InChI is InChI=1S/C76H97N5O13/c1-5-7-8-12-25-79-26-28-91-59-35-61(94-41-78-6-2)69-68-49(59)19-20-50-66(68)58(80-73(69)88)34-60-67(50)71(86)54(40-93-60)44-29-62(90-4)72(87)63(30-44)92-39-46(37-83)76-55-21-17-43-14-13-15-48(70(43)76)51-32-56(76)52(65-47(51)18-16-42(22-27-82)53(65)38-84)33-57(55)75(23-10-9-11-24-75)81-64(85)31-45(36-77-3)74(81)89/h13-18,21,29-31,34-35,42,46-47,51-57,65,71,73,77-80,82-84,86-88H,5-12,19-20,22-28,32-33,36-41H2,1-4H3. The fraction of sp³-hybridized carbons (Fsp3) is 0.579. The van der Waals surface area contributed by atoms with Gasteiger partial charge in [-0.25, -0.2) is 0 Å². The van der Waals surface area contributed by atoms with E-state index in [-0.39, 0.29) is 129 Å². The Labute approximate surface area is 552 Å². The lowest BCUT2D eigenvalue weighted by molar-refractivity contribution is -0.170. The monoisotopic (exact) mass is 1290 g/mol. The van der Waals surface area contributed by atoms with E-state index in [1.54, 1.807) is 24.1 Å². The fourth-order valence-electron chi connectivity index (χ4n) is 20.5. The summed E-state index contributed by atoms with van der Waals surface area (Å²) in [6.07, 6.45) is 20.4. The topological polar surface area (TPSA) is 253 Å². The maximum absolute atomic E-state index is 15.0. The molecule has 14 rings (SSSR count). The number of methoxy groups -OCH3 is 1. The second-order valence-corrected chi connectivity index (χ2v) is 28.5. The number of ether oxygens (including phenoxy) is 5. The number of anilines is 1. The first kappa shape index (κ1) is 64.8. The van der Waals surface area contributed by atoms with Crippen molar-refractivity contribution in [2.45, 2.75) is 139 Å². The number of fused-ring (bicyclic) bond motifs is 7. The summed E-state index contributed by atoms with van der Waals surface area (Å²) in [7, 11) is 3.28. The zero-order valence-electron chi connectivity index (χ0n) is 55.1. The molecular formula is C76H97N5O13. The van der Waals surface area contributed by atoms with Gasteiger partial charge in [-0.15, -0.1) is 0 Å². The molecule has 0 radical (unpaired) electrons. The zero-order chi connectivity index (χ0) is 65.2. The number of aliphatic hydroxyl groups excluding tert-OH is 5. The van der Waals surface area contributed by atoms with Crippen LogP contribution in [-0.2, 0) is 27.8 Å². The number of imide groups is 1. The molecule has 18 heteroatoms. The van der Waals surface area contributed by atoms with Crippen LogP contribution in [-0.4, -0.2) is 140 Å². The van der Waals surface area contributed by atoms with E-state index in [9.17, 15) is 35.4 Å². The predicted molar refractivity (Wildman–Crippen MR) is 358 cm³/mol. The summed E-state index contributed by atoms with van der Waals surface area (Å²) in [5.74, 6) is -0.605. The third-order valence-corrected chi connectivity index (χ3v) is 24.3. The minimum Gasteiger partial charge on any atom is -0.502 e. The second-order valence-electron chi connectivity index (χ2n) is 28.5. The molecule has 0 spiro atoms. The molecule has 10 aliphatic rings. The van der Waals surface area contributed by atoms with E-state index in [0.717, 1.165) is 66.5 Å². The average Bonchev–Trinajstić information content (AvgIpc) is 0.696. The summed E-state index contributed by atoms with van der Waals surface area (Å²) in [5, 5.41) is 85.4. The van der Waals surface area contributed by atoms with Gasteiger partial charge in [0, 0.05) is 95.3 Å². The van der Waals surface area contributed by atoms with Crippen molar-refractivity contribution in [2.75, 3.05) is 92.0 Å². The van der Waals surface area contributed by atoms with Crippen molar-refractivity contribution in [2.24, 2.45) is 53.3 Å². The highest BCUT2D eigenvalue weighted by atomic mass is 16.5. The van der Waals surface area contributed by atoms with Gasteiger partial charge >= 0.3 is 0 Å². The quantitative estimate of drug-likeness (QED) is 0.0116. The van der Waals surface area contributed by atoms with E-state index in [1.165, 1.54) is 43.6 Å². The Morgan fingerprint density at radius 1 is 0.840 bits per heavy atom. The Balaban J connectivity index is 0.834. The maximum Gasteiger partial charge on any atom is 0.258 e. The Morgan fingerprint density at radius 2 is 1.67 bits per heavy atom. The molecule has 94 heavy (non-hydrogen) atoms. The number of rotatable bonds is 27. The molecule has 7 aliphatic carbocycles. The van der Waals surface area contributed by atoms with Crippen LogP contribution in [0, 0.1) is 53.3 Å². The van der Waals surface area contributed by atoms with Crippen molar-refractivity contribution in [3.05, 3.63) is 117 Å². The molecule has 504 valence electrons. The van der Waals surface area contributed by atoms with E-state index in [2.05, 4.69) is 70.7 Å². The van der Waals surface area contributed by atoms with Gasteiger partial charge in [0.15, 0.2) is 17.7 Å². The highest BCUT2D eigenvalue weighted by Crippen LogP contribution is 2.74. The highest BCUT2D eigenvalue weighted by Gasteiger charge is 2.71. The van der Waals surface area contributed by atoms with Crippen LogP contribution >= 0.6 is 0 Å². The lowest BCUT2D eigenvalue weighted by Crippen LogP contribution is -2.71. The number of phenols is 1. The van der Waals surface area contributed by atoms with Gasteiger partial charge in [-0.2, -0.15) is 0 Å². The average molecular weight is 1290 g/mol. The number of phenolic OH excluding ortho intramolecular Hbond substituents is 1. The number of hydrogen-bond donors (Lipinski definition) is 10. The first-order valence-electron chi connectivity index (χ1n) is 35.3. The number of nitrogens with one attached hydrogen (secondary N) is 4. The molecule has 10 N–H and O–H groups in total. The van der Waals surface area contributed by atoms with Crippen molar-refractivity contribution in [1.29, 1.82) is 0 Å². The van der Waals surface area contributed by atoms with Gasteiger partial charge in [0.25, 0.3) is 11.8 Å². The van der Waals surface area contributed by atoms with E-state index in [0.29, 0.717) is 103 Å². The van der Waals surface area contributed by atoms with Crippen LogP contribution in [0.15, 0.2) is 72.3 Å². The van der Waals surface area contributed by atoms with Gasteiger partial charge < -0.3 is 70.3 Å². The Bertz CT molecular complexity index is 3620. The number of aromatic hydroxyl groups is 1. The Kier molecular flexibility index (Phi) is 18.5. The molecule has 3 aliphatic heterocycles. The van der Waals surface area contributed by atoms with Crippen molar-refractivity contribution in [3.8, 4) is 45.6 Å². The molecule has 2 bridgehead atoms. The van der Waals surface area contributed by atoms with Gasteiger partial charge in [-0.3, -0.25) is 19.8 Å². The number of allylic oxidation sites excluding steroid dienone is 3. The van der Waals surface area contributed by atoms with Gasteiger partial charge in [0.05, 0.1) is 44.1 Å². The maximum atomic E-state index is 15.0. The predicted octanol–water partition coefficient (Wildman–Crippen LogP) is 9.24.